The number of carbonyl (C=O) groups excluding carboxylic acids is 1. The molecule has 0 aromatic heterocycles. The molecule has 18 heavy (non-hydrogen) atoms. The molecule has 0 N–H and O–H groups in total. The van der Waals surface area contributed by atoms with E-state index in [1.807, 2.05) is 0 Å². The smallest absolute Gasteiger partial charge is 0.334 e. The predicted molar refractivity (Wildman–Crippen MR) is 66.7 cm³/mol. The van der Waals surface area contributed by atoms with Gasteiger partial charge in [0.15, 0.2) is 0 Å². The van der Waals surface area contributed by atoms with Gasteiger partial charge in [-0.05, 0) is 12.1 Å². The molecule has 0 unspecified atom stereocenters. The monoisotopic (exact) mass is 287 g/mol. The molecule has 1 fully saturated rings. The topological polar surface area (TPSA) is 69.4 Å². The molecule has 5 nitrogen and oxygen atoms in total. The van der Waals surface area contributed by atoms with E-state index in [0.717, 1.165) is 6.07 Å². The normalized spacial score (nSPS) is 17.0. The van der Waals surface area contributed by atoms with Gasteiger partial charge in [-0.3, -0.25) is 10.1 Å². The zero-order valence-electron chi connectivity index (χ0n) is 8.98. The number of nitro benzene ring substituents is 1. The first kappa shape index (κ1) is 12.9. The van der Waals surface area contributed by atoms with Crippen molar-refractivity contribution in [3.63, 3.8) is 0 Å². The van der Waals surface area contributed by atoms with Crippen molar-refractivity contribution in [3.8, 4) is 0 Å². The Balaban J connectivity index is 2.52. The number of nitrogens with zero attached hydrogens (tertiary/aromatic N) is 1. The number of esters is 1. The number of cyclic esters (lactones) is 1. The molecule has 1 aromatic carbocycles. The second kappa shape index (κ2) is 4.96. The Labute approximate surface area is 112 Å². The summed E-state index contributed by atoms with van der Waals surface area (Å²) in [5.74, 6) is -0.463. The fourth-order valence-electron chi connectivity index (χ4n) is 1.59. The molecule has 0 amide bonds. The zero-order chi connectivity index (χ0) is 13.3. The van der Waals surface area contributed by atoms with Crippen molar-refractivity contribution in [2.75, 3.05) is 6.61 Å². The Kier molecular flexibility index (Phi) is 3.54. The van der Waals surface area contributed by atoms with Gasteiger partial charge in [0.25, 0.3) is 5.69 Å². The van der Waals surface area contributed by atoms with Crippen LogP contribution < -0.4 is 0 Å². The zero-order valence-corrected chi connectivity index (χ0v) is 10.5. The third kappa shape index (κ3) is 2.47. The molecular weight excluding hydrogens is 281 g/mol. The Hall–Kier alpha value is -1.59. The summed E-state index contributed by atoms with van der Waals surface area (Å²) in [6.45, 7) is 0.291. The Morgan fingerprint density at radius 2 is 2.00 bits per heavy atom. The first-order valence-corrected chi connectivity index (χ1v) is 5.76. The molecule has 1 heterocycles. The molecule has 7 heteroatoms. The van der Waals surface area contributed by atoms with E-state index >= 15 is 0 Å². The maximum absolute atomic E-state index is 11.3. The van der Waals surface area contributed by atoms with E-state index in [2.05, 4.69) is 0 Å². The number of ether oxygens (including phenoxy) is 1. The van der Waals surface area contributed by atoms with Crippen molar-refractivity contribution in [2.24, 2.45) is 0 Å². The Morgan fingerprint density at radius 1 is 1.33 bits per heavy atom. The third-order valence-corrected chi connectivity index (χ3v) is 3.18. The maximum Gasteiger partial charge on any atom is 0.334 e. The third-order valence-electron chi connectivity index (χ3n) is 2.46. The van der Waals surface area contributed by atoms with E-state index in [9.17, 15) is 14.9 Å². The highest BCUT2D eigenvalue weighted by Gasteiger charge is 2.22. The summed E-state index contributed by atoms with van der Waals surface area (Å²) in [4.78, 5) is 21.6. The van der Waals surface area contributed by atoms with Gasteiger partial charge in [-0.1, -0.05) is 23.2 Å². The minimum atomic E-state index is -0.575. The van der Waals surface area contributed by atoms with Gasteiger partial charge in [-0.2, -0.15) is 0 Å². The van der Waals surface area contributed by atoms with Crippen LogP contribution in [0.15, 0.2) is 17.7 Å². The van der Waals surface area contributed by atoms with Gasteiger partial charge in [-0.15, -0.1) is 0 Å². The van der Waals surface area contributed by atoms with E-state index in [4.69, 9.17) is 27.9 Å². The highest BCUT2D eigenvalue weighted by atomic mass is 35.5. The summed E-state index contributed by atoms with van der Waals surface area (Å²) in [5, 5.41) is 11.2. The molecular formula is C11H7Cl2NO4. The van der Waals surface area contributed by atoms with E-state index in [1.165, 1.54) is 12.1 Å². The highest BCUT2D eigenvalue weighted by Crippen LogP contribution is 2.32. The average molecular weight is 288 g/mol. The molecule has 0 aliphatic carbocycles. The van der Waals surface area contributed by atoms with Gasteiger partial charge in [0.1, 0.15) is 0 Å². The fraction of sp³-hybridized carbons (Fsp3) is 0.182. The number of rotatable bonds is 2. The molecule has 1 aromatic rings. The van der Waals surface area contributed by atoms with Gasteiger partial charge in [0.05, 0.1) is 27.1 Å². The van der Waals surface area contributed by atoms with E-state index < -0.39 is 10.9 Å². The second-order valence-corrected chi connectivity index (χ2v) is 4.45. The van der Waals surface area contributed by atoms with E-state index in [0.29, 0.717) is 18.6 Å². The summed E-state index contributed by atoms with van der Waals surface area (Å²) >= 11 is 11.5. The van der Waals surface area contributed by atoms with Crippen LogP contribution >= 0.6 is 23.2 Å². The van der Waals surface area contributed by atoms with Crippen molar-refractivity contribution in [1.29, 1.82) is 0 Å². The summed E-state index contributed by atoms with van der Waals surface area (Å²) in [7, 11) is 0. The van der Waals surface area contributed by atoms with E-state index in [1.54, 1.807) is 0 Å². The lowest BCUT2D eigenvalue weighted by Gasteiger charge is -2.01. The van der Waals surface area contributed by atoms with Crippen LogP contribution in [-0.2, 0) is 9.53 Å². The van der Waals surface area contributed by atoms with Crippen molar-refractivity contribution in [1.82, 2.24) is 0 Å². The van der Waals surface area contributed by atoms with Crippen LogP contribution in [0.25, 0.3) is 6.08 Å². The predicted octanol–water partition coefficient (Wildman–Crippen LogP) is 3.23. The van der Waals surface area contributed by atoms with Gasteiger partial charge in [0.2, 0.25) is 0 Å². The number of carbonyl (C=O) groups is 1. The first-order chi connectivity index (χ1) is 8.49. The lowest BCUT2D eigenvalue weighted by molar-refractivity contribution is -0.385. The van der Waals surface area contributed by atoms with Gasteiger partial charge >= 0.3 is 5.97 Å². The lowest BCUT2D eigenvalue weighted by Crippen LogP contribution is -1.96. The number of hydrogen-bond donors (Lipinski definition) is 0. The van der Waals surface area contributed by atoms with Gasteiger partial charge < -0.3 is 4.74 Å². The van der Waals surface area contributed by atoms with Gasteiger partial charge in [-0.25, -0.2) is 4.79 Å². The van der Waals surface area contributed by atoms with Crippen molar-refractivity contribution < 1.29 is 14.5 Å². The molecule has 94 valence electrons. The molecule has 0 spiro atoms. The number of nitro groups is 1. The molecule has 2 rings (SSSR count). The van der Waals surface area contributed by atoms with Crippen LogP contribution in [0.2, 0.25) is 10.0 Å². The maximum atomic E-state index is 11.3. The van der Waals surface area contributed by atoms with Crippen molar-refractivity contribution in [3.05, 3.63) is 43.4 Å². The molecule has 0 radical (unpaired) electrons. The largest absolute Gasteiger partial charge is 0.462 e. The average Bonchev–Trinajstić information content (AvgIpc) is 2.69. The van der Waals surface area contributed by atoms with Crippen LogP contribution in [0.5, 0.6) is 0 Å². The molecule has 1 aliphatic rings. The molecule has 0 saturated carbocycles. The molecule has 0 bridgehead atoms. The molecule has 1 aliphatic heterocycles. The standard InChI is InChI=1S/C11H7Cl2NO4/c12-8-4-7(3-6-1-2-18-11(6)15)10(14(16)17)5-9(8)13/h3-5H,1-2H2. The van der Waals surface area contributed by atoms with Crippen LogP contribution in [-0.4, -0.2) is 17.5 Å². The molecule has 0 atom stereocenters. The van der Waals surface area contributed by atoms with Crippen molar-refractivity contribution >= 4 is 40.9 Å². The van der Waals surface area contributed by atoms with Crippen LogP contribution in [0.4, 0.5) is 5.69 Å². The SMILES string of the molecule is O=C1OCCC1=Cc1cc(Cl)c(Cl)cc1[N+](=O)[O-]. The van der Waals surface area contributed by atoms with Crippen LogP contribution in [0, 0.1) is 10.1 Å². The summed E-state index contributed by atoms with van der Waals surface area (Å²) < 4.78 is 4.76. The Morgan fingerprint density at radius 3 is 2.56 bits per heavy atom. The van der Waals surface area contributed by atoms with Gasteiger partial charge in [0, 0.05) is 18.1 Å². The second-order valence-electron chi connectivity index (χ2n) is 3.64. The number of hydrogen-bond acceptors (Lipinski definition) is 4. The number of halogens is 2. The summed E-state index contributed by atoms with van der Waals surface area (Å²) in [6.07, 6.45) is 1.84. The van der Waals surface area contributed by atoms with Crippen molar-refractivity contribution in [2.45, 2.75) is 6.42 Å². The fourth-order valence-corrected chi connectivity index (χ4v) is 1.92. The van der Waals surface area contributed by atoms with Crippen LogP contribution in [0.3, 0.4) is 0 Å². The molecule has 1 saturated heterocycles. The minimum absolute atomic E-state index is 0.0968. The highest BCUT2D eigenvalue weighted by molar-refractivity contribution is 6.42. The summed E-state index contributed by atoms with van der Waals surface area (Å²) in [5.41, 5.74) is 0.427. The quantitative estimate of drug-likeness (QED) is 0.362. The first-order valence-electron chi connectivity index (χ1n) is 5.00. The Bertz CT molecular complexity index is 568. The van der Waals surface area contributed by atoms with Crippen LogP contribution in [0.1, 0.15) is 12.0 Å². The minimum Gasteiger partial charge on any atom is -0.462 e. The van der Waals surface area contributed by atoms with E-state index in [-0.39, 0.29) is 21.3 Å². The number of benzene rings is 1. The summed E-state index contributed by atoms with van der Waals surface area (Å²) in [6, 6.07) is 2.52. The lowest BCUT2D eigenvalue weighted by atomic mass is 10.1.